The summed E-state index contributed by atoms with van der Waals surface area (Å²) in [7, 11) is 7.37. The van der Waals surface area contributed by atoms with E-state index in [1.165, 1.54) is 0 Å². The van der Waals surface area contributed by atoms with Crippen molar-refractivity contribution in [3.05, 3.63) is 18.0 Å². The normalized spacial score (nSPS) is 10.6. The molecule has 0 unspecified atom stereocenters. The molecule has 0 aliphatic carbocycles. The summed E-state index contributed by atoms with van der Waals surface area (Å²) in [5.41, 5.74) is 2.34. The quantitative estimate of drug-likeness (QED) is 0.635. The van der Waals surface area contributed by atoms with E-state index in [-0.39, 0.29) is 0 Å². The van der Waals surface area contributed by atoms with Gasteiger partial charge in [-0.1, -0.05) is 26.7 Å². The average Bonchev–Trinajstić information content (AvgIpc) is 2.70. The van der Waals surface area contributed by atoms with Crippen molar-refractivity contribution < 1.29 is 9.47 Å². The van der Waals surface area contributed by atoms with Crippen LogP contribution in [0.1, 0.15) is 38.8 Å². The summed E-state index contributed by atoms with van der Waals surface area (Å²) < 4.78 is 11.5. The Hall–Kier alpha value is -2.57. The van der Waals surface area contributed by atoms with Crippen molar-refractivity contribution in [2.45, 2.75) is 39.5 Å². The van der Waals surface area contributed by atoms with Gasteiger partial charge in [0, 0.05) is 33.4 Å². The van der Waals surface area contributed by atoms with Gasteiger partial charge in [-0.3, -0.25) is 0 Å². The Morgan fingerprint density at radius 1 is 1.15 bits per heavy atom. The molecule has 27 heavy (non-hydrogen) atoms. The molecule has 0 saturated heterocycles. The molecule has 0 aliphatic heterocycles. The summed E-state index contributed by atoms with van der Waals surface area (Å²) in [6.45, 7) is 4.88. The number of ether oxygens (including phenoxy) is 2. The number of nitrogens with zero attached hydrogens (tertiary/aromatic N) is 4. The van der Waals surface area contributed by atoms with Gasteiger partial charge in [-0.05, 0) is 12.8 Å². The van der Waals surface area contributed by atoms with Crippen LogP contribution in [0, 0.1) is 0 Å². The third kappa shape index (κ3) is 4.99. The molecular weight excluding hydrogens is 342 g/mol. The molecular formula is C20H31N5O2. The second-order valence-electron chi connectivity index (χ2n) is 6.47. The molecule has 1 N–H and O–H groups in total. The van der Waals surface area contributed by atoms with E-state index in [9.17, 15) is 0 Å². The molecule has 2 rings (SSSR count). The molecule has 2 aromatic rings. The molecule has 0 aromatic carbocycles. The number of hydrogen-bond donors (Lipinski definition) is 1. The number of hydrogen-bond acceptors (Lipinski definition) is 7. The molecule has 0 radical (unpaired) electrons. The van der Waals surface area contributed by atoms with E-state index in [0.717, 1.165) is 42.8 Å². The fourth-order valence-corrected chi connectivity index (χ4v) is 2.70. The van der Waals surface area contributed by atoms with Gasteiger partial charge < -0.3 is 19.7 Å². The van der Waals surface area contributed by atoms with Crippen LogP contribution in [-0.4, -0.2) is 49.8 Å². The van der Waals surface area contributed by atoms with Gasteiger partial charge >= 0.3 is 0 Å². The zero-order chi connectivity index (χ0) is 19.8. The van der Waals surface area contributed by atoms with E-state index in [0.29, 0.717) is 29.7 Å². The van der Waals surface area contributed by atoms with Gasteiger partial charge in [-0.15, -0.1) is 0 Å². The van der Waals surface area contributed by atoms with Gasteiger partial charge in [0.05, 0.1) is 19.3 Å². The summed E-state index contributed by atoms with van der Waals surface area (Å²) in [6.07, 6.45) is 5.83. The fraction of sp³-hybridized carbons (Fsp3) is 0.550. The second-order valence-corrected chi connectivity index (χ2v) is 6.47. The maximum Gasteiger partial charge on any atom is 0.237 e. The van der Waals surface area contributed by atoms with E-state index >= 15 is 0 Å². The lowest BCUT2D eigenvalue weighted by Crippen LogP contribution is -2.11. The molecule has 0 amide bonds. The van der Waals surface area contributed by atoms with Crippen LogP contribution in [0.25, 0.3) is 11.3 Å². The lowest BCUT2D eigenvalue weighted by molar-refractivity contribution is 0.290. The molecule has 0 aliphatic rings. The molecule has 0 bridgehead atoms. The van der Waals surface area contributed by atoms with Crippen LogP contribution in [0.5, 0.6) is 11.6 Å². The lowest BCUT2D eigenvalue weighted by Gasteiger charge is -2.17. The minimum Gasteiger partial charge on any atom is -0.496 e. The molecule has 0 fully saturated rings. The van der Waals surface area contributed by atoms with Crippen LogP contribution in [0.3, 0.4) is 0 Å². The molecule has 148 valence electrons. The van der Waals surface area contributed by atoms with Crippen LogP contribution in [0.4, 0.5) is 11.6 Å². The van der Waals surface area contributed by atoms with Gasteiger partial charge in [0.2, 0.25) is 5.88 Å². The summed E-state index contributed by atoms with van der Waals surface area (Å²) >= 11 is 0. The molecule has 7 nitrogen and oxygen atoms in total. The van der Waals surface area contributed by atoms with Crippen LogP contribution < -0.4 is 19.7 Å². The number of aromatic nitrogens is 3. The highest BCUT2D eigenvalue weighted by molar-refractivity contribution is 5.77. The first-order valence-electron chi connectivity index (χ1n) is 9.48. The predicted molar refractivity (Wildman–Crippen MR) is 110 cm³/mol. The Labute approximate surface area is 162 Å². The molecule has 7 heteroatoms. The molecule has 2 aromatic heterocycles. The summed E-state index contributed by atoms with van der Waals surface area (Å²) in [6, 6.07) is 1.90. The number of rotatable bonds is 10. The summed E-state index contributed by atoms with van der Waals surface area (Å²) in [4.78, 5) is 15.9. The Kier molecular flexibility index (Phi) is 7.64. The van der Waals surface area contributed by atoms with E-state index < -0.39 is 0 Å². The molecule has 0 atom stereocenters. The van der Waals surface area contributed by atoms with Gasteiger partial charge in [-0.2, -0.15) is 4.98 Å². The van der Waals surface area contributed by atoms with Crippen LogP contribution >= 0.6 is 0 Å². The Morgan fingerprint density at radius 3 is 2.52 bits per heavy atom. The monoisotopic (exact) mass is 373 g/mol. The highest BCUT2D eigenvalue weighted by Gasteiger charge is 2.19. The van der Waals surface area contributed by atoms with Crippen LogP contribution in [0.15, 0.2) is 12.3 Å². The van der Waals surface area contributed by atoms with Gasteiger partial charge in [0.1, 0.15) is 23.0 Å². The van der Waals surface area contributed by atoms with E-state index in [2.05, 4.69) is 29.1 Å². The highest BCUT2D eigenvalue weighted by atomic mass is 16.5. The Morgan fingerprint density at radius 2 is 1.93 bits per heavy atom. The minimum absolute atomic E-state index is 0.596. The number of anilines is 2. The van der Waals surface area contributed by atoms with Crippen molar-refractivity contribution in [2.75, 3.05) is 45.1 Å². The standard InChI is InChI=1S/C20H31N5O2/c1-7-9-10-11-27-20-15(8-2)23-18(19(21-3)24-20)14-13-22-17(25(4)5)12-16(14)26-6/h12-13H,7-11H2,1-6H3,(H,21,24). The average molecular weight is 374 g/mol. The number of pyridine rings is 1. The van der Waals surface area contributed by atoms with E-state index in [1.54, 1.807) is 13.3 Å². The largest absolute Gasteiger partial charge is 0.496 e. The van der Waals surface area contributed by atoms with Gasteiger partial charge in [0.15, 0.2) is 5.82 Å². The van der Waals surface area contributed by atoms with E-state index in [4.69, 9.17) is 14.5 Å². The smallest absolute Gasteiger partial charge is 0.237 e. The molecule has 0 saturated carbocycles. The van der Waals surface area contributed by atoms with Crippen molar-refractivity contribution in [3.63, 3.8) is 0 Å². The second kappa shape index (κ2) is 9.94. The van der Waals surface area contributed by atoms with E-state index in [1.807, 2.05) is 32.1 Å². The summed E-state index contributed by atoms with van der Waals surface area (Å²) in [5.74, 6) is 2.77. The highest BCUT2D eigenvalue weighted by Crippen LogP contribution is 2.35. The molecule has 0 spiro atoms. The third-order valence-corrected chi connectivity index (χ3v) is 4.27. The Balaban J connectivity index is 2.44. The number of aryl methyl sites for hydroxylation is 1. The first-order valence-corrected chi connectivity index (χ1v) is 9.48. The summed E-state index contributed by atoms with van der Waals surface area (Å²) in [5, 5.41) is 3.13. The molecule has 2 heterocycles. The fourth-order valence-electron chi connectivity index (χ4n) is 2.70. The zero-order valence-electron chi connectivity index (χ0n) is 17.3. The maximum atomic E-state index is 5.90. The minimum atomic E-state index is 0.596. The maximum absolute atomic E-state index is 5.90. The number of methoxy groups -OCH3 is 1. The first kappa shape index (κ1) is 20.7. The zero-order valence-corrected chi connectivity index (χ0v) is 17.3. The van der Waals surface area contributed by atoms with Crippen molar-refractivity contribution in [2.24, 2.45) is 0 Å². The van der Waals surface area contributed by atoms with Crippen LogP contribution in [-0.2, 0) is 6.42 Å². The Bertz CT molecular complexity index is 749. The van der Waals surface area contributed by atoms with Crippen molar-refractivity contribution in [3.8, 4) is 22.9 Å². The predicted octanol–water partition coefficient (Wildman–Crippen LogP) is 3.79. The lowest BCUT2D eigenvalue weighted by atomic mass is 10.1. The third-order valence-electron chi connectivity index (χ3n) is 4.27. The van der Waals surface area contributed by atoms with Gasteiger partial charge in [-0.25, -0.2) is 9.97 Å². The van der Waals surface area contributed by atoms with Crippen LogP contribution in [0.2, 0.25) is 0 Å². The van der Waals surface area contributed by atoms with Gasteiger partial charge in [0.25, 0.3) is 0 Å². The van der Waals surface area contributed by atoms with Crippen molar-refractivity contribution >= 4 is 11.6 Å². The SMILES string of the molecule is CCCCCOc1nc(NC)c(-c2cnc(N(C)C)cc2OC)nc1CC. The number of unbranched alkanes of at least 4 members (excludes halogenated alkanes) is 2. The number of nitrogens with one attached hydrogen (secondary N) is 1. The van der Waals surface area contributed by atoms with Crippen molar-refractivity contribution in [1.82, 2.24) is 15.0 Å². The first-order chi connectivity index (χ1) is 13.0. The topological polar surface area (TPSA) is 72.4 Å². The van der Waals surface area contributed by atoms with Crippen molar-refractivity contribution in [1.29, 1.82) is 0 Å².